The fourth-order valence-electron chi connectivity index (χ4n) is 1.10. The summed E-state index contributed by atoms with van der Waals surface area (Å²) in [7, 11) is 2.03. The minimum atomic E-state index is 0.272. The molecule has 1 nitrogen and oxygen atoms in total. The van der Waals surface area contributed by atoms with Crippen LogP contribution in [0.5, 0.6) is 0 Å². The summed E-state index contributed by atoms with van der Waals surface area (Å²) in [5, 5.41) is 3.36. The first kappa shape index (κ1) is 10.7. The van der Waals surface area contributed by atoms with Crippen molar-refractivity contribution in [1.82, 2.24) is 5.32 Å². The third-order valence-corrected chi connectivity index (χ3v) is 2.71. The second-order valence-electron chi connectivity index (χ2n) is 3.65. The number of allylic oxidation sites excluding steroid dienone is 1. The zero-order valence-corrected chi connectivity index (χ0v) is 8.28. The maximum Gasteiger partial charge on any atom is 0.0176 e. The SMILES string of the molecule is C=CCCC(C)(NC)C(C)C. The summed E-state index contributed by atoms with van der Waals surface area (Å²) in [6, 6.07) is 0. The van der Waals surface area contributed by atoms with Gasteiger partial charge in [-0.25, -0.2) is 0 Å². The molecule has 0 bridgehead atoms. The molecule has 1 heteroatoms. The van der Waals surface area contributed by atoms with E-state index >= 15 is 0 Å². The van der Waals surface area contributed by atoms with Crippen LogP contribution in [0.1, 0.15) is 33.6 Å². The first-order chi connectivity index (χ1) is 5.06. The van der Waals surface area contributed by atoms with Gasteiger partial charge in [0, 0.05) is 5.54 Å². The Balaban J connectivity index is 3.98. The van der Waals surface area contributed by atoms with Crippen molar-refractivity contribution in [3.05, 3.63) is 12.7 Å². The van der Waals surface area contributed by atoms with Gasteiger partial charge in [0.1, 0.15) is 0 Å². The van der Waals surface area contributed by atoms with Gasteiger partial charge in [-0.2, -0.15) is 0 Å². The molecule has 0 heterocycles. The molecule has 0 aliphatic heterocycles. The highest BCUT2D eigenvalue weighted by Crippen LogP contribution is 2.21. The Kier molecular flexibility index (Phi) is 4.43. The van der Waals surface area contributed by atoms with Gasteiger partial charge < -0.3 is 5.32 Å². The van der Waals surface area contributed by atoms with E-state index in [2.05, 4.69) is 32.7 Å². The molecule has 1 N–H and O–H groups in total. The first-order valence-corrected chi connectivity index (χ1v) is 4.36. The Morgan fingerprint density at radius 1 is 1.55 bits per heavy atom. The van der Waals surface area contributed by atoms with Crippen molar-refractivity contribution in [3.8, 4) is 0 Å². The van der Waals surface area contributed by atoms with Crippen molar-refractivity contribution in [2.45, 2.75) is 39.2 Å². The maximum absolute atomic E-state index is 3.73. The number of rotatable bonds is 5. The zero-order valence-electron chi connectivity index (χ0n) is 8.28. The molecule has 0 aromatic heterocycles. The Morgan fingerprint density at radius 3 is 2.36 bits per heavy atom. The minimum Gasteiger partial charge on any atom is -0.314 e. The Bertz CT molecular complexity index is 118. The Morgan fingerprint density at radius 2 is 2.09 bits per heavy atom. The van der Waals surface area contributed by atoms with Crippen LogP contribution in [0.25, 0.3) is 0 Å². The fraction of sp³-hybridized carbons (Fsp3) is 0.800. The molecule has 11 heavy (non-hydrogen) atoms. The van der Waals surface area contributed by atoms with Gasteiger partial charge in [-0.05, 0) is 32.7 Å². The minimum absolute atomic E-state index is 0.272. The molecular formula is C10H21N. The number of nitrogens with one attached hydrogen (secondary N) is 1. The van der Waals surface area contributed by atoms with Crippen LogP contribution in [-0.4, -0.2) is 12.6 Å². The molecule has 0 rings (SSSR count). The standard InChI is InChI=1S/C10H21N/c1-6-7-8-10(4,11-5)9(2)3/h6,9,11H,1,7-8H2,2-5H3. The summed E-state index contributed by atoms with van der Waals surface area (Å²) in [5.41, 5.74) is 0.272. The quantitative estimate of drug-likeness (QED) is 0.602. The lowest BCUT2D eigenvalue weighted by Crippen LogP contribution is -2.44. The zero-order chi connectivity index (χ0) is 8.91. The van der Waals surface area contributed by atoms with Gasteiger partial charge in [0.05, 0.1) is 0 Å². The molecule has 0 aromatic carbocycles. The molecule has 0 radical (unpaired) electrons. The van der Waals surface area contributed by atoms with Gasteiger partial charge >= 0.3 is 0 Å². The molecule has 0 saturated heterocycles. The predicted molar refractivity (Wildman–Crippen MR) is 51.7 cm³/mol. The largest absolute Gasteiger partial charge is 0.314 e. The number of hydrogen-bond donors (Lipinski definition) is 1. The van der Waals surface area contributed by atoms with Gasteiger partial charge in [0.15, 0.2) is 0 Å². The van der Waals surface area contributed by atoms with Gasteiger partial charge in [-0.15, -0.1) is 6.58 Å². The van der Waals surface area contributed by atoms with Crippen LogP contribution in [0, 0.1) is 5.92 Å². The van der Waals surface area contributed by atoms with E-state index in [0.29, 0.717) is 5.92 Å². The van der Waals surface area contributed by atoms with E-state index in [1.54, 1.807) is 0 Å². The van der Waals surface area contributed by atoms with Gasteiger partial charge in [-0.1, -0.05) is 19.9 Å². The van der Waals surface area contributed by atoms with Crippen LogP contribution < -0.4 is 5.32 Å². The van der Waals surface area contributed by atoms with E-state index in [9.17, 15) is 0 Å². The van der Waals surface area contributed by atoms with Gasteiger partial charge in [0.25, 0.3) is 0 Å². The summed E-state index contributed by atoms with van der Waals surface area (Å²) in [4.78, 5) is 0. The van der Waals surface area contributed by atoms with E-state index in [-0.39, 0.29) is 5.54 Å². The predicted octanol–water partition coefficient (Wildman–Crippen LogP) is 2.59. The highest BCUT2D eigenvalue weighted by molar-refractivity contribution is 4.87. The van der Waals surface area contributed by atoms with Crippen LogP contribution in [-0.2, 0) is 0 Å². The van der Waals surface area contributed by atoms with E-state index in [0.717, 1.165) is 6.42 Å². The summed E-state index contributed by atoms with van der Waals surface area (Å²) in [6.45, 7) is 10.5. The summed E-state index contributed by atoms with van der Waals surface area (Å²) in [5.74, 6) is 0.674. The van der Waals surface area contributed by atoms with Crippen molar-refractivity contribution in [2.24, 2.45) is 5.92 Å². The molecule has 1 atom stereocenters. The van der Waals surface area contributed by atoms with Crippen molar-refractivity contribution >= 4 is 0 Å². The molecule has 0 amide bonds. The van der Waals surface area contributed by atoms with E-state index in [1.165, 1.54) is 6.42 Å². The third kappa shape index (κ3) is 3.06. The molecule has 1 unspecified atom stereocenters. The smallest absolute Gasteiger partial charge is 0.0176 e. The van der Waals surface area contributed by atoms with Crippen molar-refractivity contribution in [1.29, 1.82) is 0 Å². The molecule has 0 saturated carbocycles. The summed E-state index contributed by atoms with van der Waals surface area (Å²) in [6.07, 6.45) is 4.25. The van der Waals surface area contributed by atoms with Crippen LogP contribution in [0.2, 0.25) is 0 Å². The van der Waals surface area contributed by atoms with Crippen molar-refractivity contribution in [2.75, 3.05) is 7.05 Å². The molecule has 0 aromatic rings. The van der Waals surface area contributed by atoms with E-state index < -0.39 is 0 Å². The molecular weight excluding hydrogens is 134 g/mol. The highest BCUT2D eigenvalue weighted by Gasteiger charge is 2.24. The summed E-state index contributed by atoms with van der Waals surface area (Å²) >= 11 is 0. The van der Waals surface area contributed by atoms with Crippen LogP contribution in [0.3, 0.4) is 0 Å². The van der Waals surface area contributed by atoms with Gasteiger partial charge in [0.2, 0.25) is 0 Å². The molecule has 0 aliphatic rings. The lowest BCUT2D eigenvalue weighted by Gasteiger charge is -2.33. The van der Waals surface area contributed by atoms with Crippen LogP contribution in [0.15, 0.2) is 12.7 Å². The highest BCUT2D eigenvalue weighted by atomic mass is 14.9. The second-order valence-corrected chi connectivity index (χ2v) is 3.65. The lowest BCUT2D eigenvalue weighted by molar-refractivity contribution is 0.262. The van der Waals surface area contributed by atoms with Crippen molar-refractivity contribution in [3.63, 3.8) is 0 Å². The maximum atomic E-state index is 3.73. The van der Waals surface area contributed by atoms with Crippen LogP contribution >= 0.6 is 0 Å². The molecule has 0 aliphatic carbocycles. The molecule has 66 valence electrons. The lowest BCUT2D eigenvalue weighted by atomic mass is 9.84. The number of hydrogen-bond acceptors (Lipinski definition) is 1. The molecule has 0 fully saturated rings. The van der Waals surface area contributed by atoms with Gasteiger partial charge in [-0.3, -0.25) is 0 Å². The van der Waals surface area contributed by atoms with Crippen LogP contribution in [0.4, 0.5) is 0 Å². The van der Waals surface area contributed by atoms with E-state index in [1.807, 2.05) is 13.1 Å². The fourth-order valence-corrected chi connectivity index (χ4v) is 1.10. The average molecular weight is 155 g/mol. The average Bonchev–Trinajstić information content (AvgIpc) is 2.00. The van der Waals surface area contributed by atoms with E-state index in [4.69, 9.17) is 0 Å². The monoisotopic (exact) mass is 155 g/mol. The van der Waals surface area contributed by atoms with Crippen molar-refractivity contribution < 1.29 is 0 Å². The summed E-state index contributed by atoms with van der Waals surface area (Å²) < 4.78 is 0. The normalized spacial score (nSPS) is 16.5. The Labute approximate surface area is 70.9 Å². The Hall–Kier alpha value is -0.300. The topological polar surface area (TPSA) is 12.0 Å². The second kappa shape index (κ2) is 4.55. The molecule has 0 spiro atoms. The third-order valence-electron chi connectivity index (χ3n) is 2.71. The first-order valence-electron chi connectivity index (χ1n) is 4.36.